The molecule has 0 aromatic rings. The molecule has 4 aliphatic carbocycles. The van der Waals surface area contributed by atoms with Crippen LogP contribution in [0.3, 0.4) is 0 Å². The maximum absolute atomic E-state index is 12.7. The van der Waals surface area contributed by atoms with Gasteiger partial charge in [-0.2, -0.15) is 0 Å². The predicted octanol–water partition coefficient (Wildman–Crippen LogP) is 0.514. The molecule has 0 radical (unpaired) electrons. The lowest BCUT2D eigenvalue weighted by molar-refractivity contribution is -0.306. The molecule has 1 N–H and O–H groups in total. The van der Waals surface area contributed by atoms with Crippen LogP contribution < -0.4 is 10.4 Å². The summed E-state index contributed by atoms with van der Waals surface area (Å²) in [5.41, 5.74) is 0.568. The Morgan fingerprint density at radius 2 is 1.71 bits per heavy atom. The summed E-state index contributed by atoms with van der Waals surface area (Å²) in [6.45, 7) is 1.61. The van der Waals surface area contributed by atoms with Gasteiger partial charge in [0, 0.05) is 18.1 Å². The highest BCUT2D eigenvalue weighted by molar-refractivity contribution is 6.03. The Kier molecular flexibility index (Phi) is 3.66. The molecule has 6 heteroatoms. The van der Waals surface area contributed by atoms with Crippen LogP contribution in [-0.2, 0) is 19.1 Å². The highest BCUT2D eigenvalue weighted by atomic mass is 16.5. The summed E-state index contributed by atoms with van der Waals surface area (Å²) >= 11 is 0. The SMILES string of the molecule is CC1=C(C(=O)OC2C3CC4CC(C3)CC2C4)[C@@H](CC(=O)[O-])C(=O)N1. The third-order valence-electron chi connectivity index (χ3n) is 6.35. The van der Waals surface area contributed by atoms with E-state index in [2.05, 4.69) is 5.32 Å². The largest absolute Gasteiger partial charge is 0.550 e. The zero-order valence-corrected chi connectivity index (χ0v) is 13.7. The summed E-state index contributed by atoms with van der Waals surface area (Å²) in [6, 6.07) is 0. The van der Waals surface area contributed by atoms with Crippen LogP contribution in [0.25, 0.3) is 0 Å². The van der Waals surface area contributed by atoms with Crippen LogP contribution in [0, 0.1) is 29.6 Å². The quantitative estimate of drug-likeness (QED) is 0.757. The molecule has 1 atom stereocenters. The first-order valence-electron chi connectivity index (χ1n) is 8.84. The molecule has 1 amide bonds. The first-order valence-corrected chi connectivity index (χ1v) is 8.84. The number of carbonyl (C=O) groups is 3. The fourth-order valence-electron chi connectivity index (χ4n) is 5.64. The minimum absolute atomic E-state index is 0.0788. The van der Waals surface area contributed by atoms with E-state index in [1.54, 1.807) is 6.92 Å². The molecule has 0 spiro atoms. The molecule has 0 aromatic heterocycles. The number of carboxylic acid groups (broad SMARTS) is 1. The van der Waals surface area contributed by atoms with Crippen molar-refractivity contribution in [2.24, 2.45) is 29.6 Å². The third-order valence-corrected chi connectivity index (χ3v) is 6.35. The van der Waals surface area contributed by atoms with Crippen molar-refractivity contribution < 1.29 is 24.2 Å². The molecule has 5 rings (SSSR count). The summed E-state index contributed by atoms with van der Waals surface area (Å²) in [5, 5.41) is 13.5. The number of rotatable bonds is 4. The Hall–Kier alpha value is -1.85. The second-order valence-electron chi connectivity index (χ2n) is 7.96. The number of esters is 1. The lowest BCUT2D eigenvalue weighted by Gasteiger charge is -2.53. The zero-order valence-electron chi connectivity index (χ0n) is 13.7. The number of carboxylic acids is 1. The van der Waals surface area contributed by atoms with Crippen LogP contribution in [-0.4, -0.2) is 23.9 Å². The fourth-order valence-corrected chi connectivity index (χ4v) is 5.64. The number of ether oxygens (including phenoxy) is 1. The predicted molar refractivity (Wildman–Crippen MR) is 80.9 cm³/mol. The van der Waals surface area contributed by atoms with Crippen molar-refractivity contribution in [3.8, 4) is 0 Å². The van der Waals surface area contributed by atoms with Crippen LogP contribution in [0.15, 0.2) is 11.3 Å². The van der Waals surface area contributed by atoms with Gasteiger partial charge in [-0.15, -0.1) is 0 Å². The summed E-state index contributed by atoms with van der Waals surface area (Å²) in [7, 11) is 0. The van der Waals surface area contributed by atoms with Crippen LogP contribution in [0.1, 0.15) is 45.4 Å². The van der Waals surface area contributed by atoms with Gasteiger partial charge < -0.3 is 20.0 Å². The average Bonchev–Trinajstić information content (AvgIpc) is 2.75. The number of hydrogen-bond acceptors (Lipinski definition) is 5. The maximum atomic E-state index is 12.7. The van der Waals surface area contributed by atoms with Gasteiger partial charge in [0.2, 0.25) is 5.91 Å². The molecule has 0 aromatic carbocycles. The topological polar surface area (TPSA) is 95.5 Å². The van der Waals surface area contributed by atoms with Gasteiger partial charge >= 0.3 is 5.97 Å². The van der Waals surface area contributed by atoms with Crippen LogP contribution in [0.4, 0.5) is 0 Å². The lowest BCUT2D eigenvalue weighted by atomic mass is 9.55. The highest BCUT2D eigenvalue weighted by Crippen LogP contribution is 2.54. The molecular formula is C18H22NO5-. The molecule has 4 fully saturated rings. The second kappa shape index (κ2) is 5.60. The van der Waals surface area contributed by atoms with E-state index in [1.165, 1.54) is 6.42 Å². The highest BCUT2D eigenvalue weighted by Gasteiger charge is 2.50. The Balaban J connectivity index is 1.50. The summed E-state index contributed by atoms with van der Waals surface area (Å²) in [4.78, 5) is 35.5. The Morgan fingerprint density at radius 1 is 1.12 bits per heavy atom. The Morgan fingerprint density at radius 3 is 2.25 bits per heavy atom. The molecule has 130 valence electrons. The molecule has 4 bridgehead atoms. The first kappa shape index (κ1) is 15.7. The van der Waals surface area contributed by atoms with Crippen molar-refractivity contribution in [2.75, 3.05) is 0 Å². The van der Waals surface area contributed by atoms with E-state index in [9.17, 15) is 19.5 Å². The van der Waals surface area contributed by atoms with Crippen molar-refractivity contribution in [3.63, 3.8) is 0 Å². The van der Waals surface area contributed by atoms with Crippen molar-refractivity contribution in [1.82, 2.24) is 5.32 Å². The van der Waals surface area contributed by atoms with Crippen molar-refractivity contribution >= 4 is 17.8 Å². The number of allylic oxidation sites excluding steroid dienone is 1. The van der Waals surface area contributed by atoms with Gasteiger partial charge in [0.1, 0.15) is 6.10 Å². The van der Waals surface area contributed by atoms with Gasteiger partial charge in [0.25, 0.3) is 0 Å². The van der Waals surface area contributed by atoms with Gasteiger partial charge in [-0.25, -0.2) is 4.79 Å². The number of carbonyl (C=O) groups excluding carboxylic acids is 3. The van der Waals surface area contributed by atoms with E-state index < -0.39 is 30.2 Å². The fraction of sp³-hybridized carbons (Fsp3) is 0.722. The molecule has 0 unspecified atom stereocenters. The monoisotopic (exact) mass is 332 g/mol. The van der Waals surface area contributed by atoms with E-state index in [4.69, 9.17) is 4.74 Å². The van der Waals surface area contributed by atoms with Crippen LogP contribution in [0.5, 0.6) is 0 Å². The minimum Gasteiger partial charge on any atom is -0.550 e. The number of hydrogen-bond donors (Lipinski definition) is 1. The summed E-state index contributed by atoms with van der Waals surface area (Å²) < 4.78 is 5.84. The smallest absolute Gasteiger partial charge is 0.336 e. The van der Waals surface area contributed by atoms with Gasteiger partial charge in [-0.1, -0.05) is 0 Å². The molecule has 1 aliphatic heterocycles. The summed E-state index contributed by atoms with van der Waals surface area (Å²) in [6.07, 6.45) is 5.26. The molecule has 1 heterocycles. The molecule has 5 aliphatic rings. The third kappa shape index (κ3) is 2.52. The normalized spacial score (nSPS) is 40.0. The van der Waals surface area contributed by atoms with E-state index in [0.717, 1.165) is 37.5 Å². The van der Waals surface area contributed by atoms with Crippen molar-refractivity contribution in [2.45, 2.75) is 51.6 Å². The van der Waals surface area contributed by atoms with Gasteiger partial charge in [-0.3, -0.25) is 4.79 Å². The molecular weight excluding hydrogens is 310 g/mol. The Bertz CT molecular complexity index is 609. The minimum atomic E-state index is -1.34. The van der Waals surface area contributed by atoms with Gasteiger partial charge in [0.15, 0.2) is 0 Å². The lowest BCUT2D eigenvalue weighted by Crippen LogP contribution is -2.50. The maximum Gasteiger partial charge on any atom is 0.336 e. The van der Waals surface area contributed by atoms with E-state index in [-0.39, 0.29) is 11.7 Å². The number of nitrogens with one attached hydrogen (secondary N) is 1. The van der Waals surface area contributed by atoms with Crippen LogP contribution >= 0.6 is 0 Å². The standard InChI is InChI=1S/C18H23NO5/c1-8-15(13(7-14(20)21)17(22)19-8)18(23)24-16-11-3-9-2-10(5-11)6-12(16)4-9/h9-13,16H,2-7H2,1H3,(H,19,22)(H,20,21)/p-1/t9?,10?,11?,12?,13-,16?/m1/s1. The summed E-state index contributed by atoms with van der Waals surface area (Å²) in [5.74, 6) is -0.924. The Labute approximate surface area is 140 Å². The molecule has 6 nitrogen and oxygen atoms in total. The van der Waals surface area contributed by atoms with Gasteiger partial charge in [0.05, 0.1) is 11.5 Å². The number of aliphatic carboxylic acids is 1. The molecule has 0 saturated heterocycles. The van der Waals surface area contributed by atoms with Crippen molar-refractivity contribution in [3.05, 3.63) is 11.3 Å². The van der Waals surface area contributed by atoms with E-state index >= 15 is 0 Å². The molecule has 24 heavy (non-hydrogen) atoms. The number of amides is 1. The average molecular weight is 332 g/mol. The van der Waals surface area contributed by atoms with E-state index in [0.29, 0.717) is 17.5 Å². The second-order valence-corrected chi connectivity index (χ2v) is 7.96. The first-order chi connectivity index (χ1) is 11.4. The van der Waals surface area contributed by atoms with E-state index in [1.807, 2.05) is 0 Å². The van der Waals surface area contributed by atoms with Crippen LogP contribution in [0.2, 0.25) is 0 Å². The zero-order chi connectivity index (χ0) is 17.0. The molecule has 4 saturated carbocycles. The van der Waals surface area contributed by atoms with Gasteiger partial charge in [-0.05, 0) is 62.7 Å². The van der Waals surface area contributed by atoms with Crippen molar-refractivity contribution in [1.29, 1.82) is 0 Å².